The number of ether oxygens (including phenoxy) is 1. The third-order valence-electron chi connectivity index (χ3n) is 5.66. The fraction of sp³-hybridized carbons (Fsp3) is 0.304. The third kappa shape index (κ3) is 3.28. The predicted octanol–water partition coefficient (Wildman–Crippen LogP) is 4.35. The van der Waals surface area contributed by atoms with Gasteiger partial charge in [-0.15, -0.1) is 0 Å². The number of fused-ring (bicyclic) bond motifs is 1. The fourth-order valence-corrected chi connectivity index (χ4v) is 4.31. The van der Waals surface area contributed by atoms with Crippen LogP contribution in [0.25, 0.3) is 11.1 Å². The Morgan fingerprint density at radius 1 is 0.964 bits per heavy atom. The number of carbonyl (C=O) groups is 2. The fourth-order valence-electron chi connectivity index (χ4n) is 4.31. The molecule has 2 aromatic rings. The van der Waals surface area contributed by atoms with Gasteiger partial charge in [-0.25, -0.2) is 4.79 Å². The number of aliphatic carboxylic acids is 1. The minimum Gasteiger partial charge on any atom is -0.497 e. The van der Waals surface area contributed by atoms with Crippen molar-refractivity contribution in [2.24, 2.45) is 0 Å². The molecule has 2 aromatic carbocycles. The average molecular weight is 377 g/mol. The first-order chi connectivity index (χ1) is 13.6. The summed E-state index contributed by atoms with van der Waals surface area (Å²) >= 11 is 0. The maximum absolute atomic E-state index is 12.7. The number of benzene rings is 2. The lowest BCUT2D eigenvalue weighted by molar-refractivity contribution is -0.133. The average Bonchev–Trinajstić information content (AvgIpc) is 3.38. The van der Waals surface area contributed by atoms with Crippen LogP contribution in [0, 0.1) is 0 Å². The number of carbonyl (C=O) groups excluding carboxylic acids is 1. The first-order valence-corrected chi connectivity index (χ1v) is 9.64. The van der Waals surface area contributed by atoms with E-state index in [1.165, 1.54) is 5.56 Å². The van der Waals surface area contributed by atoms with Crippen LogP contribution in [-0.4, -0.2) is 24.1 Å². The third-order valence-corrected chi connectivity index (χ3v) is 5.66. The van der Waals surface area contributed by atoms with Crippen molar-refractivity contribution in [3.63, 3.8) is 0 Å². The summed E-state index contributed by atoms with van der Waals surface area (Å²) in [6.45, 7) is 0. The Hall–Kier alpha value is -3.08. The van der Waals surface area contributed by atoms with Crippen molar-refractivity contribution in [3.05, 3.63) is 58.7 Å². The van der Waals surface area contributed by atoms with Crippen LogP contribution in [0.2, 0.25) is 0 Å². The summed E-state index contributed by atoms with van der Waals surface area (Å²) < 4.78 is 5.35. The number of hydrogen-bond acceptors (Lipinski definition) is 3. The van der Waals surface area contributed by atoms with Gasteiger partial charge >= 0.3 is 5.97 Å². The minimum absolute atomic E-state index is 0.252. The highest BCUT2D eigenvalue weighted by molar-refractivity contribution is 6.09. The van der Waals surface area contributed by atoms with Gasteiger partial charge in [0.25, 0.3) is 5.91 Å². The molecule has 0 saturated carbocycles. The van der Waals surface area contributed by atoms with Crippen molar-refractivity contribution in [2.45, 2.75) is 38.5 Å². The predicted molar refractivity (Wildman–Crippen MR) is 108 cm³/mol. The molecular weight excluding hydrogens is 354 g/mol. The van der Waals surface area contributed by atoms with E-state index in [0.29, 0.717) is 18.4 Å². The molecule has 1 amide bonds. The molecule has 2 N–H and O–H groups in total. The number of carboxylic acids is 1. The number of nitrogens with one attached hydrogen (secondary N) is 1. The maximum atomic E-state index is 12.7. The summed E-state index contributed by atoms with van der Waals surface area (Å²) in [5.41, 5.74) is 6.14. The molecular formula is C23H23NO4. The lowest BCUT2D eigenvalue weighted by Gasteiger charge is -2.15. The van der Waals surface area contributed by atoms with Crippen molar-refractivity contribution >= 4 is 17.6 Å². The van der Waals surface area contributed by atoms with Crippen molar-refractivity contribution in [1.82, 2.24) is 0 Å². The minimum atomic E-state index is -0.985. The molecule has 5 nitrogen and oxygen atoms in total. The van der Waals surface area contributed by atoms with Crippen LogP contribution in [0.15, 0.2) is 47.5 Å². The zero-order valence-corrected chi connectivity index (χ0v) is 15.9. The molecule has 0 heterocycles. The zero-order valence-electron chi connectivity index (χ0n) is 15.9. The van der Waals surface area contributed by atoms with Crippen LogP contribution in [0.4, 0.5) is 5.69 Å². The van der Waals surface area contributed by atoms with Crippen LogP contribution in [0.3, 0.4) is 0 Å². The van der Waals surface area contributed by atoms with E-state index in [-0.39, 0.29) is 11.5 Å². The van der Waals surface area contributed by atoms with Crippen molar-refractivity contribution in [2.75, 3.05) is 12.4 Å². The van der Waals surface area contributed by atoms with Crippen molar-refractivity contribution in [1.29, 1.82) is 0 Å². The monoisotopic (exact) mass is 377 g/mol. The molecule has 0 spiro atoms. The lowest BCUT2D eigenvalue weighted by Crippen LogP contribution is -2.17. The topological polar surface area (TPSA) is 75.6 Å². The first kappa shape index (κ1) is 18.3. The normalized spacial score (nSPS) is 15.5. The van der Waals surface area contributed by atoms with E-state index in [1.54, 1.807) is 7.11 Å². The highest BCUT2D eigenvalue weighted by Crippen LogP contribution is 2.38. The summed E-state index contributed by atoms with van der Waals surface area (Å²) in [6, 6.07) is 12.0. The molecule has 2 aliphatic rings. The molecule has 0 fully saturated rings. The highest BCUT2D eigenvalue weighted by atomic mass is 16.5. The van der Waals surface area contributed by atoms with Crippen LogP contribution in [0.1, 0.15) is 36.8 Å². The molecule has 2 aliphatic carbocycles. The molecule has 0 bridgehead atoms. The van der Waals surface area contributed by atoms with Crippen LogP contribution >= 0.6 is 0 Å². The zero-order chi connectivity index (χ0) is 19.7. The Morgan fingerprint density at radius 3 is 2.50 bits per heavy atom. The van der Waals surface area contributed by atoms with Crippen LogP contribution in [0.5, 0.6) is 5.75 Å². The largest absolute Gasteiger partial charge is 0.497 e. The number of rotatable bonds is 5. The lowest BCUT2D eigenvalue weighted by atomic mass is 9.95. The highest BCUT2D eigenvalue weighted by Gasteiger charge is 2.27. The summed E-state index contributed by atoms with van der Waals surface area (Å²) in [4.78, 5) is 24.1. The van der Waals surface area contributed by atoms with Crippen molar-refractivity contribution < 1.29 is 19.4 Å². The van der Waals surface area contributed by atoms with Crippen LogP contribution < -0.4 is 10.1 Å². The Bertz CT molecular complexity index is 990. The molecule has 4 rings (SSSR count). The molecule has 0 saturated heterocycles. The number of hydrogen-bond donors (Lipinski definition) is 2. The van der Waals surface area contributed by atoms with Gasteiger partial charge in [-0.1, -0.05) is 18.2 Å². The molecule has 0 radical (unpaired) electrons. The summed E-state index contributed by atoms with van der Waals surface area (Å²) in [5, 5.41) is 12.3. The van der Waals surface area contributed by atoms with Crippen LogP contribution in [-0.2, 0) is 22.4 Å². The molecule has 0 unspecified atom stereocenters. The number of anilines is 1. The van der Waals surface area contributed by atoms with Gasteiger partial charge in [0.1, 0.15) is 5.75 Å². The summed E-state index contributed by atoms with van der Waals surface area (Å²) in [7, 11) is 1.66. The molecule has 5 heteroatoms. The Balaban J connectivity index is 1.67. The number of methoxy groups -OCH3 is 1. The number of amides is 1. The Morgan fingerprint density at radius 2 is 1.71 bits per heavy atom. The molecule has 0 aromatic heterocycles. The van der Waals surface area contributed by atoms with Gasteiger partial charge in [0.05, 0.1) is 7.11 Å². The summed E-state index contributed by atoms with van der Waals surface area (Å²) in [6.07, 6.45) is 4.63. The van der Waals surface area contributed by atoms with Gasteiger partial charge in [-0.3, -0.25) is 4.79 Å². The summed E-state index contributed by atoms with van der Waals surface area (Å²) in [5.74, 6) is -0.449. The second-order valence-corrected chi connectivity index (χ2v) is 7.27. The van der Waals surface area contributed by atoms with E-state index in [2.05, 4.69) is 11.4 Å². The maximum Gasteiger partial charge on any atom is 0.332 e. The SMILES string of the molecule is COc1cccc(-c2ccc(NC(=O)C3=C(C(=O)O)CCC3)c3c2CCC3)c1. The van der Waals surface area contributed by atoms with Gasteiger partial charge in [0.2, 0.25) is 0 Å². The Labute approximate surface area is 164 Å². The quantitative estimate of drug-likeness (QED) is 0.812. The van der Waals surface area contributed by atoms with E-state index < -0.39 is 5.97 Å². The standard InChI is InChI=1S/C23H23NO4/c1-28-15-6-2-5-14(13-15)16-11-12-21(18-8-3-7-17(16)18)24-22(25)19-9-4-10-20(19)23(26)27/h2,5-6,11-13H,3-4,7-10H2,1H3,(H,24,25)(H,26,27). The second-order valence-electron chi connectivity index (χ2n) is 7.27. The second kappa shape index (κ2) is 7.50. The van der Waals surface area contributed by atoms with E-state index in [1.807, 2.05) is 30.3 Å². The first-order valence-electron chi connectivity index (χ1n) is 9.64. The Kier molecular flexibility index (Phi) is 4.90. The van der Waals surface area contributed by atoms with E-state index in [0.717, 1.165) is 53.8 Å². The molecule has 144 valence electrons. The smallest absolute Gasteiger partial charge is 0.332 e. The molecule has 0 atom stereocenters. The van der Waals surface area contributed by atoms with Crippen molar-refractivity contribution in [3.8, 4) is 16.9 Å². The van der Waals surface area contributed by atoms with E-state index in [9.17, 15) is 14.7 Å². The molecule has 28 heavy (non-hydrogen) atoms. The molecule has 0 aliphatic heterocycles. The van der Waals surface area contributed by atoms with E-state index >= 15 is 0 Å². The van der Waals surface area contributed by atoms with Gasteiger partial charge in [-0.2, -0.15) is 0 Å². The number of carboxylic acid groups (broad SMARTS) is 1. The van der Waals surface area contributed by atoms with Gasteiger partial charge in [-0.05, 0) is 79.0 Å². The van der Waals surface area contributed by atoms with Gasteiger partial charge in [0.15, 0.2) is 0 Å². The van der Waals surface area contributed by atoms with Gasteiger partial charge in [0, 0.05) is 16.8 Å². The van der Waals surface area contributed by atoms with Gasteiger partial charge < -0.3 is 15.2 Å². The van der Waals surface area contributed by atoms with E-state index in [4.69, 9.17) is 4.74 Å².